The van der Waals surface area contributed by atoms with Crippen molar-refractivity contribution < 1.29 is 13.3 Å². The van der Waals surface area contributed by atoms with E-state index < -0.39 is 14.9 Å². The van der Waals surface area contributed by atoms with Crippen LogP contribution in [0.3, 0.4) is 0 Å². The average Bonchev–Trinajstić information content (AvgIpc) is 2.50. The molecule has 0 saturated carbocycles. The summed E-state index contributed by atoms with van der Waals surface area (Å²) in [6.07, 6.45) is 0. The first-order valence-corrected chi connectivity index (χ1v) is 8.56. The second-order valence-electron chi connectivity index (χ2n) is 4.75. The Morgan fingerprint density at radius 2 is 1.74 bits per heavy atom. The van der Waals surface area contributed by atoms with E-state index in [-0.39, 0.29) is 17.1 Å². The zero-order valence-electron chi connectivity index (χ0n) is 11.9. The van der Waals surface area contributed by atoms with Gasteiger partial charge in [-0.1, -0.05) is 29.3 Å². The number of rotatable bonds is 5. The maximum Gasteiger partial charge on any atom is 0.269 e. The number of benzene rings is 2. The first-order valence-electron chi connectivity index (χ1n) is 6.36. The van der Waals surface area contributed by atoms with Crippen LogP contribution < -0.4 is 0 Å². The fourth-order valence-electron chi connectivity index (χ4n) is 1.89. The van der Waals surface area contributed by atoms with Crippen LogP contribution >= 0.6 is 23.2 Å². The van der Waals surface area contributed by atoms with Crippen LogP contribution in [0.4, 0.5) is 5.69 Å². The largest absolute Gasteiger partial charge is 0.269 e. The van der Waals surface area contributed by atoms with Crippen LogP contribution in [0.15, 0.2) is 47.4 Å². The van der Waals surface area contributed by atoms with Gasteiger partial charge in [-0.2, -0.15) is 4.31 Å². The maximum atomic E-state index is 12.5. The number of nitro benzene ring substituents is 1. The summed E-state index contributed by atoms with van der Waals surface area (Å²) < 4.78 is 26.1. The van der Waals surface area contributed by atoms with Gasteiger partial charge in [0.05, 0.1) is 9.82 Å². The highest BCUT2D eigenvalue weighted by Gasteiger charge is 2.22. The van der Waals surface area contributed by atoms with E-state index >= 15 is 0 Å². The molecule has 0 amide bonds. The van der Waals surface area contributed by atoms with Gasteiger partial charge in [0.25, 0.3) is 5.69 Å². The van der Waals surface area contributed by atoms with Crippen molar-refractivity contribution in [2.24, 2.45) is 0 Å². The molecule has 0 unspecified atom stereocenters. The normalized spacial score (nSPS) is 11.7. The second kappa shape index (κ2) is 6.84. The molecule has 0 spiro atoms. The summed E-state index contributed by atoms with van der Waals surface area (Å²) in [6, 6.07) is 9.50. The quantitative estimate of drug-likeness (QED) is 0.589. The van der Waals surface area contributed by atoms with Crippen molar-refractivity contribution in [2.45, 2.75) is 11.4 Å². The zero-order valence-corrected chi connectivity index (χ0v) is 14.3. The lowest BCUT2D eigenvalue weighted by Gasteiger charge is -2.18. The van der Waals surface area contributed by atoms with Crippen molar-refractivity contribution in [3.63, 3.8) is 0 Å². The minimum atomic E-state index is -3.79. The van der Waals surface area contributed by atoms with Gasteiger partial charge in [-0.3, -0.25) is 10.1 Å². The minimum absolute atomic E-state index is 0.0318. The highest BCUT2D eigenvalue weighted by Crippen LogP contribution is 2.25. The Bertz CT molecular complexity index is 838. The number of non-ortho nitro benzene ring substituents is 1. The van der Waals surface area contributed by atoms with E-state index in [1.165, 1.54) is 25.2 Å². The molecule has 0 aliphatic heterocycles. The third-order valence-electron chi connectivity index (χ3n) is 3.16. The number of hydrogen-bond acceptors (Lipinski definition) is 4. The third kappa shape index (κ3) is 4.00. The van der Waals surface area contributed by atoms with Gasteiger partial charge in [0.2, 0.25) is 10.0 Å². The molecule has 0 aliphatic carbocycles. The molecule has 0 fully saturated rings. The Balaban J connectivity index is 2.26. The fraction of sp³-hybridized carbons (Fsp3) is 0.143. The van der Waals surface area contributed by atoms with Crippen LogP contribution in [0.1, 0.15) is 5.56 Å². The Morgan fingerprint density at radius 3 is 2.26 bits per heavy atom. The molecule has 0 aliphatic rings. The first-order chi connectivity index (χ1) is 10.7. The van der Waals surface area contributed by atoms with Crippen LogP contribution in [0, 0.1) is 10.1 Å². The molecule has 2 aromatic rings. The molecule has 0 saturated heterocycles. The molecule has 23 heavy (non-hydrogen) atoms. The monoisotopic (exact) mass is 374 g/mol. The predicted molar refractivity (Wildman–Crippen MR) is 88.2 cm³/mol. The standard InChI is InChI=1S/C14H12Cl2N2O4S/c1-17(9-10-2-3-11(15)8-14(10)16)23(21,22)13-6-4-12(5-7-13)18(19)20/h2-8H,9H2,1H3. The second-order valence-corrected chi connectivity index (χ2v) is 7.64. The van der Waals surface area contributed by atoms with Crippen molar-refractivity contribution in [1.82, 2.24) is 4.31 Å². The highest BCUT2D eigenvalue weighted by atomic mass is 35.5. The first kappa shape index (κ1) is 17.7. The van der Waals surface area contributed by atoms with Gasteiger partial charge >= 0.3 is 0 Å². The molecule has 0 bridgehead atoms. The number of halogens is 2. The van der Waals surface area contributed by atoms with Crippen molar-refractivity contribution >= 4 is 38.9 Å². The van der Waals surface area contributed by atoms with Gasteiger partial charge in [0.1, 0.15) is 0 Å². The molecule has 6 nitrogen and oxygen atoms in total. The van der Waals surface area contributed by atoms with E-state index in [1.807, 2.05) is 0 Å². The number of hydrogen-bond donors (Lipinski definition) is 0. The lowest BCUT2D eigenvalue weighted by Crippen LogP contribution is -2.26. The average molecular weight is 375 g/mol. The van der Waals surface area contributed by atoms with Gasteiger partial charge in [-0.25, -0.2) is 8.42 Å². The molecular weight excluding hydrogens is 363 g/mol. The van der Waals surface area contributed by atoms with Crippen molar-refractivity contribution in [1.29, 1.82) is 0 Å². The van der Waals surface area contributed by atoms with Crippen LogP contribution in [0.25, 0.3) is 0 Å². The van der Waals surface area contributed by atoms with Gasteiger partial charge < -0.3 is 0 Å². The molecule has 0 aromatic heterocycles. The Hall–Kier alpha value is -1.67. The zero-order chi connectivity index (χ0) is 17.2. The van der Waals surface area contributed by atoms with Gasteiger partial charge in [0.15, 0.2) is 0 Å². The number of nitrogens with zero attached hydrogens (tertiary/aromatic N) is 2. The summed E-state index contributed by atoms with van der Waals surface area (Å²) in [5.74, 6) is 0. The highest BCUT2D eigenvalue weighted by molar-refractivity contribution is 7.89. The van der Waals surface area contributed by atoms with Crippen molar-refractivity contribution in [3.05, 3.63) is 68.2 Å². The Labute approximate surface area is 143 Å². The summed E-state index contributed by atoms with van der Waals surface area (Å²) >= 11 is 11.9. The van der Waals surface area contributed by atoms with Crippen LogP contribution in [-0.4, -0.2) is 24.7 Å². The van der Waals surface area contributed by atoms with E-state index in [1.54, 1.807) is 12.1 Å². The topological polar surface area (TPSA) is 80.5 Å². The molecule has 0 heterocycles. The Morgan fingerprint density at radius 1 is 1.13 bits per heavy atom. The molecule has 2 rings (SSSR count). The van der Waals surface area contributed by atoms with Crippen LogP contribution in [0.5, 0.6) is 0 Å². The van der Waals surface area contributed by atoms with E-state index in [2.05, 4.69) is 0 Å². The van der Waals surface area contributed by atoms with E-state index in [0.29, 0.717) is 15.6 Å². The van der Waals surface area contributed by atoms with Crippen molar-refractivity contribution in [3.8, 4) is 0 Å². The smallest absolute Gasteiger partial charge is 0.258 e. The molecule has 0 N–H and O–H groups in total. The lowest BCUT2D eigenvalue weighted by molar-refractivity contribution is -0.384. The third-order valence-corrected chi connectivity index (χ3v) is 5.57. The molecule has 122 valence electrons. The summed E-state index contributed by atoms with van der Waals surface area (Å²) in [4.78, 5) is 10.0. The molecular formula is C14H12Cl2N2O4S. The molecule has 0 radical (unpaired) electrons. The van der Waals surface area contributed by atoms with Gasteiger partial charge in [-0.15, -0.1) is 0 Å². The van der Waals surface area contributed by atoms with E-state index in [9.17, 15) is 18.5 Å². The summed E-state index contributed by atoms with van der Waals surface area (Å²) in [5, 5.41) is 11.4. The maximum absolute atomic E-state index is 12.5. The van der Waals surface area contributed by atoms with Crippen LogP contribution in [-0.2, 0) is 16.6 Å². The molecule has 0 atom stereocenters. The lowest BCUT2D eigenvalue weighted by atomic mass is 10.2. The summed E-state index contributed by atoms with van der Waals surface area (Å²) in [7, 11) is -2.38. The van der Waals surface area contributed by atoms with Gasteiger partial charge in [0, 0.05) is 35.8 Å². The SMILES string of the molecule is CN(Cc1ccc(Cl)cc1Cl)S(=O)(=O)c1ccc([N+](=O)[O-])cc1. The number of sulfonamides is 1. The molecule has 9 heteroatoms. The predicted octanol–water partition coefficient (Wildman–Crippen LogP) is 3.72. The van der Waals surface area contributed by atoms with Crippen LogP contribution in [0.2, 0.25) is 10.0 Å². The van der Waals surface area contributed by atoms with E-state index in [0.717, 1.165) is 16.4 Å². The van der Waals surface area contributed by atoms with Gasteiger partial charge in [-0.05, 0) is 29.8 Å². The number of nitro groups is 1. The summed E-state index contributed by atoms with van der Waals surface area (Å²) in [5.41, 5.74) is 0.427. The minimum Gasteiger partial charge on any atom is -0.258 e. The van der Waals surface area contributed by atoms with Crippen molar-refractivity contribution in [2.75, 3.05) is 7.05 Å². The Kier molecular flexibility index (Phi) is 5.26. The molecule has 2 aromatic carbocycles. The summed E-state index contributed by atoms with van der Waals surface area (Å²) in [6.45, 7) is 0.0509. The van der Waals surface area contributed by atoms with E-state index in [4.69, 9.17) is 23.2 Å². The fourth-order valence-corrected chi connectivity index (χ4v) is 3.51.